The Kier molecular flexibility index (Phi) is 7.62. The lowest BCUT2D eigenvalue weighted by Crippen LogP contribution is -2.34. The van der Waals surface area contributed by atoms with Gasteiger partial charge in [0.15, 0.2) is 18.6 Å². The minimum Gasteiger partial charge on any atom is -0.335 e. The number of aryl methyl sites for hydroxylation is 2. The van der Waals surface area contributed by atoms with E-state index in [1.54, 1.807) is 0 Å². The van der Waals surface area contributed by atoms with Crippen molar-refractivity contribution in [2.24, 2.45) is 0 Å². The van der Waals surface area contributed by atoms with Crippen LogP contribution >= 0.6 is 27.7 Å². The molecule has 3 heterocycles. The summed E-state index contributed by atoms with van der Waals surface area (Å²) < 4.78 is 4.66. The first-order chi connectivity index (χ1) is 16.8. The Bertz CT molecular complexity index is 1290. The van der Waals surface area contributed by atoms with E-state index in [0.717, 1.165) is 31.4 Å². The quantitative estimate of drug-likeness (QED) is 0.137. The van der Waals surface area contributed by atoms with Gasteiger partial charge in [0.2, 0.25) is 5.52 Å². The Hall–Kier alpha value is -2.63. The molecule has 0 aliphatic carbocycles. The lowest BCUT2D eigenvalue weighted by molar-refractivity contribution is -0.697. The highest BCUT2D eigenvalue weighted by molar-refractivity contribution is 9.09. The van der Waals surface area contributed by atoms with Crippen molar-refractivity contribution in [1.82, 2.24) is 0 Å². The third kappa shape index (κ3) is 5.21. The van der Waals surface area contributed by atoms with Crippen molar-refractivity contribution in [3.8, 4) is 0 Å². The summed E-state index contributed by atoms with van der Waals surface area (Å²) >= 11 is 5.44. The number of para-hydroxylation sites is 2. The minimum absolute atomic E-state index is 0.995. The van der Waals surface area contributed by atoms with Crippen LogP contribution in [0.4, 0.5) is 5.69 Å². The van der Waals surface area contributed by atoms with Crippen molar-refractivity contribution in [2.45, 2.75) is 37.2 Å². The number of halogens is 1. The standard InChI is InChI=1S/C29H30BrN3S/c30-16-6-9-20-32-22-15-24(25-11-2-3-12-26(25)32)23-29-33(27-13-4-5-14-28(27)34-29)21-10-19-31-17-7-1-8-18-31/h1-5,7-8,11-15,17-18,22-23H,6,9-10,16,19-21H2/q+2. The van der Waals surface area contributed by atoms with Gasteiger partial charge in [0.05, 0.1) is 16.1 Å². The van der Waals surface area contributed by atoms with E-state index in [1.807, 2.05) is 11.8 Å². The SMILES string of the molecule is BrCCCC[n+]1ccc(/C=C2\Sc3ccccc3N2CCC[n+]2ccccc2)c2ccccc21. The summed E-state index contributed by atoms with van der Waals surface area (Å²) in [6.45, 7) is 3.06. The minimum atomic E-state index is 0.995. The molecular formula is C29H30BrN3S+2. The molecule has 4 aromatic rings. The van der Waals surface area contributed by atoms with E-state index in [1.165, 1.54) is 44.9 Å². The fourth-order valence-electron chi connectivity index (χ4n) is 4.52. The molecule has 2 aromatic heterocycles. The summed E-state index contributed by atoms with van der Waals surface area (Å²) in [5.41, 5.74) is 3.91. The largest absolute Gasteiger partial charge is 0.335 e. The van der Waals surface area contributed by atoms with Gasteiger partial charge in [-0.15, -0.1) is 0 Å². The predicted octanol–water partition coefficient (Wildman–Crippen LogP) is 6.59. The summed E-state index contributed by atoms with van der Waals surface area (Å²) in [6.07, 6.45) is 12.4. The second-order valence-corrected chi connectivity index (χ2v) is 10.4. The van der Waals surface area contributed by atoms with Crippen molar-refractivity contribution in [2.75, 3.05) is 16.8 Å². The van der Waals surface area contributed by atoms with Gasteiger partial charge in [0, 0.05) is 53.9 Å². The van der Waals surface area contributed by atoms with Gasteiger partial charge in [-0.25, -0.2) is 4.57 Å². The maximum absolute atomic E-state index is 3.56. The summed E-state index contributed by atoms with van der Waals surface area (Å²) in [5.74, 6) is 0. The first-order valence-electron chi connectivity index (χ1n) is 12.0. The van der Waals surface area contributed by atoms with Crippen LogP contribution in [-0.4, -0.2) is 11.9 Å². The molecule has 5 heteroatoms. The van der Waals surface area contributed by atoms with Crippen LogP contribution in [0.2, 0.25) is 0 Å². The molecule has 0 bridgehead atoms. The number of pyridine rings is 2. The molecule has 0 N–H and O–H groups in total. The van der Waals surface area contributed by atoms with Crippen molar-refractivity contribution in [3.63, 3.8) is 0 Å². The maximum atomic E-state index is 3.56. The zero-order valence-electron chi connectivity index (χ0n) is 19.3. The molecule has 0 radical (unpaired) electrons. The number of aromatic nitrogens is 2. The van der Waals surface area contributed by atoms with Crippen LogP contribution in [0.1, 0.15) is 24.8 Å². The summed E-state index contributed by atoms with van der Waals surface area (Å²) in [5, 5.41) is 3.68. The van der Waals surface area contributed by atoms with Gasteiger partial charge in [-0.1, -0.05) is 58.0 Å². The van der Waals surface area contributed by atoms with E-state index in [2.05, 4.69) is 127 Å². The maximum Gasteiger partial charge on any atom is 0.213 e. The van der Waals surface area contributed by atoms with Crippen LogP contribution in [0.15, 0.2) is 101 Å². The van der Waals surface area contributed by atoms with E-state index in [-0.39, 0.29) is 0 Å². The number of thioether (sulfide) groups is 1. The number of rotatable bonds is 9. The van der Waals surface area contributed by atoms with Gasteiger partial charge < -0.3 is 4.90 Å². The van der Waals surface area contributed by atoms with E-state index in [0.29, 0.717) is 0 Å². The third-order valence-electron chi connectivity index (χ3n) is 6.23. The molecule has 5 rings (SSSR count). The van der Waals surface area contributed by atoms with Gasteiger partial charge in [-0.05, 0) is 36.3 Å². The Labute approximate surface area is 214 Å². The number of nitrogens with zero attached hydrogens (tertiary/aromatic N) is 3. The van der Waals surface area contributed by atoms with E-state index < -0.39 is 0 Å². The normalized spacial score (nSPS) is 14.1. The van der Waals surface area contributed by atoms with Gasteiger partial charge in [-0.3, -0.25) is 0 Å². The molecule has 0 spiro atoms. The molecule has 0 saturated carbocycles. The first kappa shape index (κ1) is 23.1. The van der Waals surface area contributed by atoms with Gasteiger partial charge >= 0.3 is 0 Å². The second kappa shape index (κ2) is 11.2. The van der Waals surface area contributed by atoms with Crippen molar-refractivity contribution in [3.05, 3.63) is 102 Å². The van der Waals surface area contributed by atoms with Crippen LogP contribution < -0.4 is 14.0 Å². The van der Waals surface area contributed by atoms with Crippen LogP contribution in [0.3, 0.4) is 0 Å². The van der Waals surface area contributed by atoms with E-state index in [4.69, 9.17) is 0 Å². The van der Waals surface area contributed by atoms with Gasteiger partial charge in [0.25, 0.3) is 0 Å². The molecule has 1 aliphatic rings. The lowest BCUT2D eigenvalue weighted by Gasteiger charge is -2.20. The molecule has 0 fully saturated rings. The second-order valence-electron chi connectivity index (χ2n) is 8.55. The highest BCUT2D eigenvalue weighted by Crippen LogP contribution is 2.46. The number of unbranched alkanes of at least 4 members (excludes halogenated alkanes) is 1. The Morgan fingerprint density at radius 3 is 2.50 bits per heavy atom. The third-order valence-corrected chi connectivity index (χ3v) is 7.91. The van der Waals surface area contributed by atoms with Crippen molar-refractivity contribution >= 4 is 50.4 Å². The number of alkyl halides is 1. The summed E-state index contributed by atoms with van der Waals surface area (Å²) in [6, 6.07) is 26.1. The number of hydrogen-bond donors (Lipinski definition) is 0. The van der Waals surface area contributed by atoms with Crippen LogP contribution in [0.25, 0.3) is 17.0 Å². The summed E-state index contributed by atoms with van der Waals surface area (Å²) in [4.78, 5) is 3.83. The molecule has 2 aromatic carbocycles. The Morgan fingerprint density at radius 2 is 1.62 bits per heavy atom. The molecule has 1 aliphatic heterocycles. The highest BCUT2D eigenvalue weighted by Gasteiger charge is 2.25. The zero-order chi connectivity index (χ0) is 23.2. The number of anilines is 1. The van der Waals surface area contributed by atoms with Gasteiger partial charge in [0.1, 0.15) is 13.1 Å². The predicted molar refractivity (Wildman–Crippen MR) is 146 cm³/mol. The molecule has 0 atom stereocenters. The zero-order valence-corrected chi connectivity index (χ0v) is 21.7. The topological polar surface area (TPSA) is 11.0 Å². The molecule has 0 amide bonds. The summed E-state index contributed by atoms with van der Waals surface area (Å²) in [7, 11) is 0. The average Bonchev–Trinajstić information content (AvgIpc) is 3.23. The Morgan fingerprint density at radius 1 is 0.794 bits per heavy atom. The molecule has 172 valence electrons. The average molecular weight is 533 g/mol. The fraction of sp³-hybridized carbons (Fsp3) is 0.241. The monoisotopic (exact) mass is 531 g/mol. The molecule has 34 heavy (non-hydrogen) atoms. The number of hydrogen-bond acceptors (Lipinski definition) is 2. The molecule has 0 saturated heterocycles. The van der Waals surface area contributed by atoms with E-state index in [9.17, 15) is 0 Å². The van der Waals surface area contributed by atoms with Crippen LogP contribution in [0.5, 0.6) is 0 Å². The fourth-order valence-corrected chi connectivity index (χ4v) is 6.06. The first-order valence-corrected chi connectivity index (χ1v) is 13.9. The smallest absolute Gasteiger partial charge is 0.213 e. The van der Waals surface area contributed by atoms with E-state index >= 15 is 0 Å². The molecule has 3 nitrogen and oxygen atoms in total. The lowest BCUT2D eigenvalue weighted by atomic mass is 10.1. The Balaban J connectivity index is 1.43. The van der Waals surface area contributed by atoms with Crippen molar-refractivity contribution < 1.29 is 9.13 Å². The molecule has 0 unspecified atom stereocenters. The van der Waals surface area contributed by atoms with Crippen LogP contribution in [-0.2, 0) is 13.1 Å². The van der Waals surface area contributed by atoms with Gasteiger partial charge in [-0.2, -0.15) is 4.57 Å². The number of fused-ring (bicyclic) bond motifs is 2. The highest BCUT2D eigenvalue weighted by atomic mass is 79.9. The van der Waals surface area contributed by atoms with Crippen LogP contribution in [0, 0.1) is 0 Å². The number of benzene rings is 2. The van der Waals surface area contributed by atoms with Crippen molar-refractivity contribution in [1.29, 1.82) is 0 Å². The molecular weight excluding hydrogens is 502 g/mol.